The minimum atomic E-state index is -3.59. The molecule has 1 aliphatic heterocycles. The lowest BCUT2D eigenvalue weighted by Crippen LogP contribution is -2.59. The van der Waals surface area contributed by atoms with Crippen molar-refractivity contribution in [2.75, 3.05) is 0 Å². The Hall–Kier alpha value is -2.13. The molecule has 0 unspecified atom stereocenters. The predicted octanol–water partition coefficient (Wildman–Crippen LogP) is 5.47. The highest BCUT2D eigenvalue weighted by molar-refractivity contribution is 7.92. The Balaban J connectivity index is 1.93. The monoisotopic (exact) mass is 567 g/mol. The van der Waals surface area contributed by atoms with E-state index >= 15 is 0 Å². The zero-order valence-corrected chi connectivity index (χ0v) is 23.2. The second-order valence-electron chi connectivity index (χ2n) is 10.1. The zero-order valence-electron chi connectivity index (χ0n) is 20.9. The molecular formula is C27H31Cl2NO6S. The van der Waals surface area contributed by atoms with Crippen molar-refractivity contribution in [3.8, 4) is 0 Å². The molecule has 5 atom stereocenters. The lowest BCUT2D eigenvalue weighted by atomic mass is 9.88. The fourth-order valence-corrected chi connectivity index (χ4v) is 7.15. The zero-order chi connectivity index (χ0) is 27.1. The number of benzene rings is 2. The standard InChI is InChI=1S/C27H31Cl2NO6S/c1-15(2)37(34,35)16(3)24(17-7-8-17)30-25(18-9-11-20(28)12-10-18)26(19-5-4-6-21(29)13-19)36-22(27(30)33)14-23(31)32/h4-6,9-13,15-17,22,24-26H,7-8,14H2,1-3H3,(H,31,32)/t16-,22-,24-,25-,26-/m1/s1. The van der Waals surface area contributed by atoms with Gasteiger partial charge in [0.25, 0.3) is 5.91 Å². The van der Waals surface area contributed by atoms with Crippen molar-refractivity contribution in [1.82, 2.24) is 4.90 Å². The molecule has 1 heterocycles. The first-order chi connectivity index (χ1) is 17.4. The molecule has 2 aliphatic rings. The van der Waals surface area contributed by atoms with Crippen LogP contribution in [-0.2, 0) is 24.2 Å². The van der Waals surface area contributed by atoms with E-state index in [1.54, 1.807) is 68.1 Å². The van der Waals surface area contributed by atoms with Gasteiger partial charge in [0, 0.05) is 10.0 Å². The second kappa shape index (κ2) is 10.9. The van der Waals surface area contributed by atoms with Gasteiger partial charge in [0.1, 0.15) is 12.2 Å². The Bertz CT molecular complexity index is 1260. The number of ether oxygens (including phenoxy) is 1. The van der Waals surface area contributed by atoms with E-state index in [0.717, 1.165) is 12.8 Å². The van der Waals surface area contributed by atoms with Gasteiger partial charge < -0.3 is 14.7 Å². The molecule has 1 saturated carbocycles. The van der Waals surface area contributed by atoms with Gasteiger partial charge in [-0.25, -0.2) is 8.42 Å². The number of halogens is 2. The second-order valence-corrected chi connectivity index (χ2v) is 13.8. The summed E-state index contributed by atoms with van der Waals surface area (Å²) in [7, 11) is -3.59. The van der Waals surface area contributed by atoms with Crippen molar-refractivity contribution >= 4 is 44.9 Å². The topological polar surface area (TPSA) is 101 Å². The third-order valence-electron chi connectivity index (χ3n) is 7.26. The average Bonchev–Trinajstić information content (AvgIpc) is 3.66. The first kappa shape index (κ1) is 27.9. The molecule has 2 aromatic rings. The SMILES string of the molecule is CC(C)S(=O)(=O)[C@H](C)[C@H](C1CC1)N1C(=O)[C@@H](CC(=O)O)O[C@H](c2cccc(Cl)c2)[C@H]1c1ccc(Cl)cc1. The van der Waals surface area contributed by atoms with Crippen molar-refractivity contribution in [3.05, 3.63) is 69.7 Å². The Morgan fingerprint density at radius 3 is 2.24 bits per heavy atom. The van der Waals surface area contributed by atoms with E-state index in [1.165, 1.54) is 0 Å². The molecule has 1 aliphatic carbocycles. The molecule has 2 fully saturated rings. The highest BCUT2D eigenvalue weighted by atomic mass is 35.5. The van der Waals surface area contributed by atoms with Gasteiger partial charge in [0.15, 0.2) is 9.84 Å². The van der Waals surface area contributed by atoms with Crippen LogP contribution in [0.3, 0.4) is 0 Å². The van der Waals surface area contributed by atoms with Gasteiger partial charge in [-0.15, -0.1) is 0 Å². The summed E-state index contributed by atoms with van der Waals surface area (Å²) in [5, 5.41) is 9.05. The number of nitrogens with zero attached hydrogens (tertiary/aromatic N) is 1. The molecule has 1 amide bonds. The van der Waals surface area contributed by atoms with Crippen LogP contribution in [0, 0.1) is 5.92 Å². The summed E-state index contributed by atoms with van der Waals surface area (Å²) in [5.41, 5.74) is 1.37. The fourth-order valence-electron chi connectivity index (χ4n) is 5.22. The number of amides is 1. The average molecular weight is 569 g/mol. The van der Waals surface area contributed by atoms with E-state index in [-0.39, 0.29) is 5.92 Å². The van der Waals surface area contributed by atoms with Gasteiger partial charge in [0.2, 0.25) is 0 Å². The Morgan fingerprint density at radius 1 is 1.05 bits per heavy atom. The van der Waals surface area contributed by atoms with Crippen LogP contribution in [0.2, 0.25) is 10.0 Å². The summed E-state index contributed by atoms with van der Waals surface area (Å²) >= 11 is 12.5. The lowest BCUT2D eigenvalue weighted by Gasteiger charge is -2.49. The van der Waals surface area contributed by atoms with Crippen molar-refractivity contribution in [2.24, 2.45) is 5.92 Å². The van der Waals surface area contributed by atoms with E-state index < -0.39 is 62.9 Å². The summed E-state index contributed by atoms with van der Waals surface area (Å²) < 4.78 is 33.0. The summed E-state index contributed by atoms with van der Waals surface area (Å²) in [6, 6.07) is 12.6. The van der Waals surface area contributed by atoms with Crippen LogP contribution in [0.1, 0.15) is 63.3 Å². The Morgan fingerprint density at radius 2 is 1.70 bits per heavy atom. The predicted molar refractivity (Wildman–Crippen MR) is 142 cm³/mol. The number of morpholine rings is 1. The minimum Gasteiger partial charge on any atom is -0.481 e. The summed E-state index contributed by atoms with van der Waals surface area (Å²) in [5.74, 6) is -1.73. The molecule has 1 N–H and O–H groups in total. The van der Waals surface area contributed by atoms with Crippen molar-refractivity contribution < 1.29 is 27.9 Å². The number of carbonyl (C=O) groups is 2. The molecule has 0 spiro atoms. The van der Waals surface area contributed by atoms with Crippen molar-refractivity contribution in [1.29, 1.82) is 0 Å². The summed E-state index contributed by atoms with van der Waals surface area (Å²) in [6.07, 6.45) is -1.03. The fraction of sp³-hybridized carbons (Fsp3) is 0.481. The number of sulfone groups is 1. The smallest absolute Gasteiger partial charge is 0.306 e. The van der Waals surface area contributed by atoms with Gasteiger partial charge in [-0.05, 0) is 74.9 Å². The molecule has 2 aromatic carbocycles. The molecule has 0 radical (unpaired) electrons. The van der Waals surface area contributed by atoms with Crippen LogP contribution in [-0.4, -0.2) is 52.9 Å². The van der Waals surface area contributed by atoms with E-state index in [0.29, 0.717) is 21.2 Å². The number of carboxylic acids is 1. The Labute approximate surface area is 227 Å². The van der Waals surface area contributed by atoms with Crippen LogP contribution >= 0.6 is 23.2 Å². The van der Waals surface area contributed by atoms with E-state index in [1.807, 2.05) is 6.07 Å². The molecule has 0 aromatic heterocycles. The lowest BCUT2D eigenvalue weighted by molar-refractivity contribution is -0.184. The van der Waals surface area contributed by atoms with Crippen molar-refractivity contribution in [3.63, 3.8) is 0 Å². The first-order valence-electron chi connectivity index (χ1n) is 12.3. The largest absolute Gasteiger partial charge is 0.481 e. The van der Waals surface area contributed by atoms with Crippen LogP contribution in [0.5, 0.6) is 0 Å². The normalized spacial score (nSPS) is 24.2. The van der Waals surface area contributed by atoms with E-state index in [4.69, 9.17) is 27.9 Å². The Kier molecular flexibility index (Phi) is 8.24. The number of aliphatic carboxylic acids is 1. The van der Waals surface area contributed by atoms with Gasteiger partial charge in [-0.2, -0.15) is 0 Å². The molecule has 10 heteroatoms. The van der Waals surface area contributed by atoms with Crippen LogP contribution < -0.4 is 0 Å². The van der Waals surface area contributed by atoms with E-state index in [9.17, 15) is 23.1 Å². The molecule has 7 nitrogen and oxygen atoms in total. The molecule has 200 valence electrons. The quantitative estimate of drug-likeness (QED) is 0.431. The third-order valence-corrected chi connectivity index (χ3v) is 10.4. The molecule has 4 rings (SSSR count). The van der Waals surface area contributed by atoms with Gasteiger partial charge in [0.05, 0.1) is 29.0 Å². The number of hydrogen-bond donors (Lipinski definition) is 1. The maximum Gasteiger partial charge on any atom is 0.306 e. The summed E-state index contributed by atoms with van der Waals surface area (Å²) in [4.78, 5) is 27.3. The van der Waals surface area contributed by atoms with Gasteiger partial charge in [-0.1, -0.05) is 47.5 Å². The maximum absolute atomic E-state index is 14.0. The first-order valence-corrected chi connectivity index (χ1v) is 14.7. The minimum absolute atomic E-state index is 0.0223. The van der Waals surface area contributed by atoms with Crippen molar-refractivity contribution in [2.45, 2.75) is 74.8 Å². The molecule has 0 bridgehead atoms. The summed E-state index contributed by atoms with van der Waals surface area (Å²) in [6.45, 7) is 4.92. The molecule has 37 heavy (non-hydrogen) atoms. The molecular weight excluding hydrogens is 537 g/mol. The van der Waals surface area contributed by atoms with E-state index in [2.05, 4.69) is 0 Å². The maximum atomic E-state index is 14.0. The number of hydrogen-bond acceptors (Lipinski definition) is 5. The van der Waals surface area contributed by atoms with Crippen LogP contribution in [0.25, 0.3) is 0 Å². The van der Waals surface area contributed by atoms with Gasteiger partial charge >= 0.3 is 5.97 Å². The van der Waals surface area contributed by atoms with Crippen LogP contribution in [0.4, 0.5) is 0 Å². The number of carbonyl (C=O) groups excluding carboxylic acids is 1. The number of rotatable bonds is 9. The highest BCUT2D eigenvalue weighted by Crippen LogP contribution is 2.49. The molecule has 1 saturated heterocycles. The highest BCUT2D eigenvalue weighted by Gasteiger charge is 2.54. The third kappa shape index (κ3) is 5.82. The van der Waals surface area contributed by atoms with Crippen LogP contribution in [0.15, 0.2) is 48.5 Å². The number of carboxylic acid groups (broad SMARTS) is 1. The van der Waals surface area contributed by atoms with Gasteiger partial charge in [-0.3, -0.25) is 9.59 Å².